The summed E-state index contributed by atoms with van der Waals surface area (Å²) in [5, 5.41) is 10.1. The molecule has 5 heteroatoms. The molecule has 0 saturated heterocycles. The summed E-state index contributed by atoms with van der Waals surface area (Å²) in [4.78, 5) is 0. The van der Waals surface area contributed by atoms with E-state index < -0.39 is 0 Å². The van der Waals surface area contributed by atoms with E-state index in [0.29, 0.717) is 5.71 Å². The molecule has 0 aliphatic rings. The molecule has 0 radical (unpaired) electrons. The quantitative estimate of drug-likeness (QED) is 0.331. The van der Waals surface area contributed by atoms with Crippen molar-refractivity contribution in [3.63, 3.8) is 0 Å². The molecule has 0 unspecified atom stereocenters. The first-order valence-electron chi connectivity index (χ1n) is 5.82. The van der Waals surface area contributed by atoms with E-state index in [4.69, 9.17) is 0 Å². The topological polar surface area (TPSA) is 37.1 Å². The minimum atomic E-state index is 0.670. The zero-order valence-electron chi connectivity index (χ0n) is 10.4. The second-order valence-corrected chi connectivity index (χ2v) is 4.47. The lowest BCUT2D eigenvalue weighted by Crippen LogP contribution is -2.16. The highest BCUT2D eigenvalue weighted by atomic mass is 127. The first-order valence-corrected chi connectivity index (χ1v) is 7.19. The van der Waals surface area contributed by atoms with Gasteiger partial charge in [-0.05, 0) is 12.2 Å². The van der Waals surface area contributed by atoms with Crippen LogP contribution in [0.2, 0.25) is 0 Å². The van der Waals surface area contributed by atoms with Gasteiger partial charge < -0.3 is 0 Å². The third kappa shape index (κ3) is 3.66. The lowest BCUT2D eigenvalue weighted by Gasteiger charge is -2.08. The van der Waals surface area contributed by atoms with E-state index in [1.54, 1.807) is 0 Å². The smallest absolute Gasteiger partial charge is 0.120 e. The van der Waals surface area contributed by atoms with E-state index in [1.165, 1.54) is 0 Å². The zero-order valence-corrected chi connectivity index (χ0v) is 13.4. The molecule has 0 aliphatic carbocycles. The molecule has 2 rings (SSSR count). The van der Waals surface area contributed by atoms with Crippen LogP contribution in [-0.2, 0) is 0 Å². The van der Waals surface area contributed by atoms with E-state index in [9.17, 15) is 0 Å². The highest BCUT2D eigenvalue weighted by Gasteiger charge is 2.13. The van der Waals surface area contributed by atoms with Crippen LogP contribution in [0.1, 0.15) is 11.1 Å². The standard InChI is InChI=1S/C15H10IN3S/c16-18-14(12-7-3-1-4-8-12)15(19-17-11-20)13-9-5-2-6-10-13/h1-10H/b18-14?,19-15+. The molecule has 0 bridgehead atoms. The van der Waals surface area contributed by atoms with Crippen LogP contribution < -0.4 is 0 Å². The van der Waals surface area contributed by atoms with Gasteiger partial charge in [-0.3, -0.25) is 0 Å². The monoisotopic (exact) mass is 391 g/mol. The van der Waals surface area contributed by atoms with Gasteiger partial charge in [0.05, 0.1) is 28.0 Å². The SMILES string of the molecule is S=C=N/N=C(/C(=NI)c1ccccc1)c1ccccc1. The van der Waals surface area contributed by atoms with Crippen molar-refractivity contribution in [1.82, 2.24) is 0 Å². The Labute approximate surface area is 136 Å². The average molecular weight is 391 g/mol. The van der Waals surface area contributed by atoms with Crippen molar-refractivity contribution in [2.75, 3.05) is 0 Å². The Morgan fingerprint density at radius 1 is 0.850 bits per heavy atom. The number of isothiocyanates is 1. The van der Waals surface area contributed by atoms with E-state index in [2.05, 4.69) is 30.8 Å². The van der Waals surface area contributed by atoms with E-state index in [1.807, 2.05) is 83.5 Å². The Morgan fingerprint density at radius 2 is 1.35 bits per heavy atom. The van der Waals surface area contributed by atoms with Gasteiger partial charge in [-0.2, -0.15) is 0 Å². The zero-order chi connectivity index (χ0) is 14.2. The van der Waals surface area contributed by atoms with E-state index >= 15 is 0 Å². The fraction of sp³-hybridized carbons (Fsp3) is 0. The molecule has 0 spiro atoms. The van der Waals surface area contributed by atoms with Crippen molar-refractivity contribution in [3.05, 3.63) is 71.8 Å². The highest BCUT2D eigenvalue weighted by molar-refractivity contribution is 14.1. The number of hydrogen-bond acceptors (Lipinski definition) is 4. The predicted octanol–water partition coefficient (Wildman–Crippen LogP) is 4.33. The molecule has 3 nitrogen and oxygen atoms in total. The van der Waals surface area contributed by atoms with E-state index in [0.717, 1.165) is 16.8 Å². The van der Waals surface area contributed by atoms with Gasteiger partial charge in [0.15, 0.2) is 0 Å². The number of hydrogen-bond donors (Lipinski definition) is 0. The molecule has 0 aromatic heterocycles. The molecule has 2 aromatic rings. The molecule has 98 valence electrons. The summed E-state index contributed by atoms with van der Waals surface area (Å²) in [6, 6.07) is 19.6. The van der Waals surface area contributed by atoms with Crippen molar-refractivity contribution < 1.29 is 0 Å². The minimum absolute atomic E-state index is 0.670. The first-order chi connectivity index (χ1) is 9.86. The summed E-state index contributed by atoms with van der Waals surface area (Å²) in [5.74, 6) is 0. The molecule has 20 heavy (non-hydrogen) atoms. The summed E-state index contributed by atoms with van der Waals surface area (Å²) in [6.07, 6.45) is 0. The second kappa shape index (κ2) is 7.79. The molecule has 0 amide bonds. The summed E-state index contributed by atoms with van der Waals surface area (Å²) in [5.41, 5.74) is 3.33. The number of benzene rings is 2. The predicted molar refractivity (Wildman–Crippen MR) is 95.0 cm³/mol. The van der Waals surface area contributed by atoms with Crippen LogP contribution in [0.15, 0.2) is 74.1 Å². The van der Waals surface area contributed by atoms with Crippen LogP contribution in [0.25, 0.3) is 0 Å². The van der Waals surface area contributed by atoms with Gasteiger partial charge in [0.25, 0.3) is 0 Å². The summed E-state index contributed by atoms with van der Waals surface area (Å²) in [6.45, 7) is 0. The molecular weight excluding hydrogens is 381 g/mol. The Morgan fingerprint density at radius 3 is 1.80 bits per heavy atom. The van der Waals surface area contributed by atoms with Gasteiger partial charge in [-0.15, -0.1) is 5.10 Å². The Kier molecular flexibility index (Phi) is 5.73. The summed E-state index contributed by atoms with van der Waals surface area (Å²) >= 11 is 6.56. The first kappa shape index (κ1) is 14.7. The van der Waals surface area contributed by atoms with Crippen LogP contribution in [0.5, 0.6) is 0 Å². The fourth-order valence-corrected chi connectivity index (χ4v) is 2.28. The van der Waals surface area contributed by atoms with Gasteiger partial charge in [-0.1, -0.05) is 65.8 Å². The Hall–Kier alpha value is -1.69. The maximum Gasteiger partial charge on any atom is 0.120 e. The van der Waals surface area contributed by atoms with Gasteiger partial charge in [0.1, 0.15) is 11.4 Å². The highest BCUT2D eigenvalue weighted by Crippen LogP contribution is 2.12. The third-order valence-electron chi connectivity index (χ3n) is 2.59. The van der Waals surface area contributed by atoms with Crippen LogP contribution in [0.3, 0.4) is 0 Å². The molecule has 0 N–H and O–H groups in total. The molecular formula is C15H10IN3S. The maximum atomic E-state index is 4.59. The van der Waals surface area contributed by atoms with Crippen LogP contribution in [-0.4, -0.2) is 16.6 Å². The Bertz CT molecular complexity index is 675. The Balaban J connectivity index is 2.55. The number of rotatable bonds is 4. The molecule has 0 atom stereocenters. The van der Waals surface area contributed by atoms with E-state index in [-0.39, 0.29) is 0 Å². The maximum absolute atomic E-state index is 4.59. The summed E-state index contributed by atoms with van der Waals surface area (Å²) in [7, 11) is 0. The average Bonchev–Trinajstić information content (AvgIpc) is 2.53. The van der Waals surface area contributed by atoms with Crippen LogP contribution >= 0.6 is 35.1 Å². The third-order valence-corrected chi connectivity index (χ3v) is 3.16. The van der Waals surface area contributed by atoms with Crippen molar-refractivity contribution in [2.45, 2.75) is 0 Å². The largest absolute Gasteiger partial charge is 0.212 e. The molecule has 2 aromatic carbocycles. The van der Waals surface area contributed by atoms with Crippen LogP contribution in [0, 0.1) is 0 Å². The van der Waals surface area contributed by atoms with Gasteiger partial charge in [0.2, 0.25) is 0 Å². The van der Waals surface area contributed by atoms with Gasteiger partial charge in [0, 0.05) is 11.1 Å². The normalized spacial score (nSPS) is 11.8. The lowest BCUT2D eigenvalue weighted by molar-refractivity contribution is 1.27. The number of thiocarbonyl (C=S) groups is 1. The van der Waals surface area contributed by atoms with Gasteiger partial charge in [-0.25, -0.2) is 3.21 Å². The fourth-order valence-electron chi connectivity index (χ4n) is 1.73. The molecule has 0 heterocycles. The number of nitrogens with zero attached hydrogens (tertiary/aromatic N) is 3. The lowest BCUT2D eigenvalue weighted by atomic mass is 10.0. The second-order valence-electron chi connectivity index (χ2n) is 3.81. The molecule has 0 saturated carbocycles. The molecule has 0 fully saturated rings. The van der Waals surface area contributed by atoms with Crippen molar-refractivity contribution in [3.8, 4) is 0 Å². The molecule has 0 aliphatic heterocycles. The summed E-state index contributed by atoms with van der Waals surface area (Å²) < 4.78 is 4.32. The van der Waals surface area contributed by atoms with Crippen molar-refractivity contribution in [1.29, 1.82) is 0 Å². The van der Waals surface area contributed by atoms with Gasteiger partial charge >= 0.3 is 0 Å². The minimum Gasteiger partial charge on any atom is -0.212 e. The van der Waals surface area contributed by atoms with Crippen molar-refractivity contribution in [2.24, 2.45) is 13.4 Å². The number of halogens is 1. The van der Waals surface area contributed by atoms with Crippen LogP contribution in [0.4, 0.5) is 0 Å². The van der Waals surface area contributed by atoms with Crippen molar-refractivity contribution >= 4 is 51.7 Å².